The Morgan fingerprint density at radius 3 is 3.05 bits per heavy atom. The molecule has 92 valence electrons. The fraction of sp³-hybridized carbons (Fsp3) is 0. The SMILES string of the molecule is Clc1ccc2occ(-c3cc4ncccn4n3)c2c1. The Morgan fingerprint density at radius 1 is 1.21 bits per heavy atom. The molecule has 0 bridgehead atoms. The lowest BCUT2D eigenvalue weighted by Gasteiger charge is -1.93. The van der Waals surface area contributed by atoms with Crippen molar-refractivity contribution in [2.75, 3.05) is 0 Å². The molecule has 4 nitrogen and oxygen atoms in total. The van der Waals surface area contributed by atoms with E-state index >= 15 is 0 Å². The molecule has 0 aliphatic carbocycles. The van der Waals surface area contributed by atoms with Gasteiger partial charge in [0.2, 0.25) is 0 Å². The Kier molecular flexibility index (Phi) is 2.13. The first-order valence-corrected chi connectivity index (χ1v) is 6.16. The van der Waals surface area contributed by atoms with E-state index in [0.717, 1.165) is 27.9 Å². The zero-order valence-electron chi connectivity index (χ0n) is 9.75. The van der Waals surface area contributed by atoms with E-state index in [-0.39, 0.29) is 0 Å². The van der Waals surface area contributed by atoms with Gasteiger partial charge in [-0.15, -0.1) is 0 Å². The molecule has 0 unspecified atom stereocenters. The van der Waals surface area contributed by atoms with E-state index in [4.69, 9.17) is 16.0 Å². The normalized spacial score (nSPS) is 11.4. The number of nitrogens with zero attached hydrogens (tertiary/aromatic N) is 3. The Labute approximate surface area is 113 Å². The number of furan rings is 1. The van der Waals surface area contributed by atoms with Crippen molar-refractivity contribution in [2.45, 2.75) is 0 Å². The summed E-state index contributed by atoms with van der Waals surface area (Å²) in [6.07, 6.45) is 5.30. The van der Waals surface area contributed by atoms with Crippen LogP contribution in [-0.4, -0.2) is 14.6 Å². The number of hydrogen-bond acceptors (Lipinski definition) is 3. The highest BCUT2D eigenvalue weighted by atomic mass is 35.5. The number of hydrogen-bond donors (Lipinski definition) is 0. The van der Waals surface area contributed by atoms with Crippen LogP contribution in [0.4, 0.5) is 0 Å². The molecule has 0 amide bonds. The molecule has 3 aromatic heterocycles. The van der Waals surface area contributed by atoms with Crippen LogP contribution in [0, 0.1) is 0 Å². The summed E-state index contributed by atoms with van der Waals surface area (Å²) in [4.78, 5) is 4.25. The number of halogens is 1. The maximum absolute atomic E-state index is 6.03. The molecule has 0 spiro atoms. The van der Waals surface area contributed by atoms with Crippen LogP contribution in [0.15, 0.2) is 53.4 Å². The molecular weight excluding hydrogens is 262 g/mol. The molecule has 0 aliphatic heterocycles. The molecule has 0 fully saturated rings. The van der Waals surface area contributed by atoms with Gasteiger partial charge in [-0.1, -0.05) is 11.6 Å². The van der Waals surface area contributed by atoms with Crippen LogP contribution in [-0.2, 0) is 0 Å². The van der Waals surface area contributed by atoms with Gasteiger partial charge in [-0.05, 0) is 24.3 Å². The van der Waals surface area contributed by atoms with Crippen molar-refractivity contribution in [2.24, 2.45) is 0 Å². The largest absolute Gasteiger partial charge is 0.464 e. The fourth-order valence-electron chi connectivity index (χ4n) is 2.16. The van der Waals surface area contributed by atoms with Crippen molar-refractivity contribution >= 4 is 28.2 Å². The monoisotopic (exact) mass is 269 g/mol. The predicted molar refractivity (Wildman–Crippen MR) is 73.2 cm³/mol. The predicted octanol–water partition coefficient (Wildman–Crippen LogP) is 3.80. The molecule has 0 aliphatic rings. The number of aromatic nitrogens is 3. The highest BCUT2D eigenvalue weighted by molar-refractivity contribution is 6.31. The third-order valence-electron chi connectivity index (χ3n) is 3.05. The summed E-state index contributed by atoms with van der Waals surface area (Å²) in [5.41, 5.74) is 3.33. The first-order valence-electron chi connectivity index (χ1n) is 5.79. The fourth-order valence-corrected chi connectivity index (χ4v) is 2.33. The van der Waals surface area contributed by atoms with Crippen molar-refractivity contribution < 1.29 is 4.42 Å². The van der Waals surface area contributed by atoms with E-state index in [1.807, 2.05) is 36.5 Å². The van der Waals surface area contributed by atoms with Crippen molar-refractivity contribution in [3.63, 3.8) is 0 Å². The standard InChI is InChI=1S/C14H8ClN3O/c15-9-2-3-13-10(6-9)11(8-19-13)12-7-14-16-4-1-5-18(14)17-12/h1-8H. The molecule has 0 saturated carbocycles. The minimum atomic E-state index is 0.678. The molecule has 1 aromatic carbocycles. The minimum absolute atomic E-state index is 0.678. The maximum atomic E-state index is 6.03. The quantitative estimate of drug-likeness (QED) is 0.528. The van der Waals surface area contributed by atoms with Crippen LogP contribution < -0.4 is 0 Å². The van der Waals surface area contributed by atoms with Crippen molar-refractivity contribution in [1.82, 2.24) is 14.6 Å². The summed E-state index contributed by atoms with van der Waals surface area (Å²) in [6, 6.07) is 9.31. The molecule has 0 atom stereocenters. The average molecular weight is 270 g/mol. The van der Waals surface area contributed by atoms with Gasteiger partial charge >= 0.3 is 0 Å². The van der Waals surface area contributed by atoms with Gasteiger partial charge in [0.05, 0.1) is 5.69 Å². The molecule has 4 rings (SSSR count). The topological polar surface area (TPSA) is 43.3 Å². The van der Waals surface area contributed by atoms with E-state index < -0.39 is 0 Å². The van der Waals surface area contributed by atoms with Gasteiger partial charge in [0.15, 0.2) is 5.65 Å². The summed E-state index contributed by atoms with van der Waals surface area (Å²) in [6.45, 7) is 0. The Balaban J connectivity index is 2.00. The van der Waals surface area contributed by atoms with Gasteiger partial charge in [-0.3, -0.25) is 0 Å². The lowest BCUT2D eigenvalue weighted by molar-refractivity contribution is 0.616. The zero-order chi connectivity index (χ0) is 12.8. The summed E-state index contributed by atoms with van der Waals surface area (Å²) >= 11 is 6.03. The van der Waals surface area contributed by atoms with E-state index in [9.17, 15) is 0 Å². The van der Waals surface area contributed by atoms with Crippen LogP contribution in [0.3, 0.4) is 0 Å². The van der Waals surface area contributed by atoms with E-state index in [0.29, 0.717) is 5.02 Å². The van der Waals surface area contributed by atoms with Gasteiger partial charge in [0.25, 0.3) is 0 Å². The van der Waals surface area contributed by atoms with Gasteiger partial charge in [-0.2, -0.15) is 5.10 Å². The minimum Gasteiger partial charge on any atom is -0.464 e. The Bertz CT molecular complexity index is 861. The first kappa shape index (κ1) is 10.6. The van der Waals surface area contributed by atoms with Crippen molar-refractivity contribution in [1.29, 1.82) is 0 Å². The number of rotatable bonds is 1. The highest BCUT2D eigenvalue weighted by Gasteiger charge is 2.12. The lowest BCUT2D eigenvalue weighted by Crippen LogP contribution is -1.86. The van der Waals surface area contributed by atoms with Gasteiger partial charge in [0.1, 0.15) is 11.8 Å². The molecular formula is C14H8ClN3O. The molecule has 3 heterocycles. The Hall–Kier alpha value is -2.33. The third-order valence-corrected chi connectivity index (χ3v) is 3.28. The van der Waals surface area contributed by atoms with Gasteiger partial charge in [-0.25, -0.2) is 9.50 Å². The van der Waals surface area contributed by atoms with Crippen molar-refractivity contribution in [3.8, 4) is 11.3 Å². The van der Waals surface area contributed by atoms with Crippen LogP contribution >= 0.6 is 11.6 Å². The summed E-state index contributed by atoms with van der Waals surface area (Å²) in [5.74, 6) is 0. The summed E-state index contributed by atoms with van der Waals surface area (Å²) in [7, 11) is 0. The molecule has 4 aromatic rings. The molecule has 5 heteroatoms. The van der Waals surface area contributed by atoms with Crippen LogP contribution in [0.25, 0.3) is 27.9 Å². The first-order chi connectivity index (χ1) is 9.31. The van der Waals surface area contributed by atoms with E-state index in [2.05, 4.69) is 10.1 Å². The van der Waals surface area contributed by atoms with Crippen LogP contribution in [0.5, 0.6) is 0 Å². The van der Waals surface area contributed by atoms with Crippen molar-refractivity contribution in [3.05, 3.63) is 54.0 Å². The lowest BCUT2D eigenvalue weighted by atomic mass is 10.1. The van der Waals surface area contributed by atoms with Crippen LogP contribution in [0.1, 0.15) is 0 Å². The third kappa shape index (κ3) is 1.61. The van der Waals surface area contributed by atoms with E-state index in [1.165, 1.54) is 0 Å². The molecule has 19 heavy (non-hydrogen) atoms. The van der Waals surface area contributed by atoms with Gasteiger partial charge < -0.3 is 4.42 Å². The van der Waals surface area contributed by atoms with Crippen LogP contribution in [0.2, 0.25) is 5.02 Å². The number of fused-ring (bicyclic) bond motifs is 2. The van der Waals surface area contributed by atoms with Gasteiger partial charge in [0, 0.05) is 34.4 Å². The van der Waals surface area contributed by atoms with E-state index in [1.54, 1.807) is 17.0 Å². The summed E-state index contributed by atoms with van der Waals surface area (Å²) < 4.78 is 7.26. The smallest absolute Gasteiger partial charge is 0.155 e. The molecule has 0 N–H and O–H groups in total. The maximum Gasteiger partial charge on any atom is 0.155 e. The zero-order valence-corrected chi connectivity index (χ0v) is 10.5. The second-order valence-electron chi connectivity index (χ2n) is 4.24. The average Bonchev–Trinajstić information content (AvgIpc) is 3.00. The number of benzene rings is 1. The second kappa shape index (κ2) is 3.83. The summed E-state index contributed by atoms with van der Waals surface area (Å²) in [5, 5.41) is 6.12. The second-order valence-corrected chi connectivity index (χ2v) is 4.68. The Morgan fingerprint density at radius 2 is 2.16 bits per heavy atom. The highest BCUT2D eigenvalue weighted by Crippen LogP contribution is 2.31. The molecule has 0 saturated heterocycles. The molecule has 0 radical (unpaired) electrons.